The van der Waals surface area contributed by atoms with Gasteiger partial charge in [-0.05, 0) is 42.3 Å². The van der Waals surface area contributed by atoms with Gasteiger partial charge in [0.15, 0.2) is 0 Å². The van der Waals surface area contributed by atoms with Gasteiger partial charge in [-0.15, -0.1) is 0 Å². The third-order valence-corrected chi connectivity index (χ3v) is 7.49. The Balaban J connectivity index is 1.85. The van der Waals surface area contributed by atoms with Crippen LogP contribution in [0.3, 0.4) is 0 Å². The van der Waals surface area contributed by atoms with Gasteiger partial charge in [0.25, 0.3) is 10.0 Å². The molecule has 0 atom stereocenters. The molecule has 0 unspecified atom stereocenters. The fourth-order valence-corrected chi connectivity index (χ4v) is 4.56. The van der Waals surface area contributed by atoms with E-state index in [4.69, 9.17) is 0 Å². The quantitative estimate of drug-likeness (QED) is 0.507. The van der Waals surface area contributed by atoms with Crippen LogP contribution in [-0.2, 0) is 14.8 Å². The van der Waals surface area contributed by atoms with Crippen molar-refractivity contribution < 1.29 is 13.2 Å². The van der Waals surface area contributed by atoms with Crippen molar-refractivity contribution >= 4 is 43.8 Å². The molecule has 170 valence electrons. The zero-order valence-corrected chi connectivity index (χ0v) is 20.2. The van der Waals surface area contributed by atoms with Crippen molar-refractivity contribution in [1.82, 2.24) is 0 Å². The summed E-state index contributed by atoms with van der Waals surface area (Å²) in [5, 5.41) is 4.43. The maximum absolute atomic E-state index is 13.2. The van der Waals surface area contributed by atoms with E-state index in [-0.39, 0.29) is 16.7 Å². The summed E-state index contributed by atoms with van der Waals surface area (Å²) in [6, 6.07) is 17.6. The van der Waals surface area contributed by atoms with Crippen molar-refractivity contribution in [3.05, 3.63) is 60.7 Å². The molecule has 0 saturated carbocycles. The first-order valence-electron chi connectivity index (χ1n) is 10.6. The molecule has 0 spiro atoms. The standard InChI is InChI=1S/C25H31N3O3S/c1-17(2)25(3,4)24(29)26-18-13-15-19(16-14-18)27-32(30,31)23-12-8-9-20-21(23)10-7-11-22(20)28(5)6/h7-17,27H,1-6H3,(H,26,29). The summed E-state index contributed by atoms with van der Waals surface area (Å²) in [6.07, 6.45) is 0. The fraction of sp³-hybridized carbons (Fsp3) is 0.320. The fourth-order valence-electron chi connectivity index (χ4n) is 3.27. The lowest BCUT2D eigenvalue weighted by Crippen LogP contribution is -2.35. The van der Waals surface area contributed by atoms with Crippen molar-refractivity contribution in [2.24, 2.45) is 11.3 Å². The van der Waals surface area contributed by atoms with Gasteiger partial charge in [0.1, 0.15) is 0 Å². The molecule has 0 aromatic heterocycles. The van der Waals surface area contributed by atoms with Crippen molar-refractivity contribution in [3.8, 4) is 0 Å². The summed E-state index contributed by atoms with van der Waals surface area (Å²) in [5.41, 5.74) is 1.48. The predicted molar refractivity (Wildman–Crippen MR) is 133 cm³/mol. The number of nitrogens with zero attached hydrogens (tertiary/aromatic N) is 1. The highest BCUT2D eigenvalue weighted by Gasteiger charge is 2.31. The van der Waals surface area contributed by atoms with Gasteiger partial charge in [-0.2, -0.15) is 0 Å². The number of carbonyl (C=O) groups is 1. The summed E-state index contributed by atoms with van der Waals surface area (Å²) in [5.74, 6) is 0.107. The van der Waals surface area contributed by atoms with E-state index in [0.29, 0.717) is 16.8 Å². The monoisotopic (exact) mass is 453 g/mol. The van der Waals surface area contributed by atoms with Crippen LogP contribution in [0.25, 0.3) is 10.8 Å². The number of benzene rings is 3. The van der Waals surface area contributed by atoms with E-state index in [9.17, 15) is 13.2 Å². The molecule has 3 aromatic rings. The number of anilines is 3. The minimum atomic E-state index is -3.81. The summed E-state index contributed by atoms with van der Waals surface area (Å²) < 4.78 is 29.0. The van der Waals surface area contributed by atoms with Gasteiger partial charge >= 0.3 is 0 Å². The van der Waals surface area contributed by atoms with Gasteiger partial charge in [-0.3, -0.25) is 9.52 Å². The van der Waals surface area contributed by atoms with E-state index < -0.39 is 15.4 Å². The Kier molecular flexibility index (Phi) is 6.51. The van der Waals surface area contributed by atoms with Gasteiger partial charge in [0.2, 0.25) is 5.91 Å². The molecule has 0 aliphatic rings. The van der Waals surface area contributed by atoms with Crippen molar-refractivity contribution in [2.75, 3.05) is 29.0 Å². The Bertz CT molecular complexity index is 1230. The van der Waals surface area contributed by atoms with Crippen LogP contribution in [0.15, 0.2) is 65.6 Å². The molecule has 32 heavy (non-hydrogen) atoms. The SMILES string of the molecule is CC(C)C(C)(C)C(=O)Nc1ccc(NS(=O)(=O)c2cccc3c(N(C)C)cccc23)cc1. The molecule has 7 heteroatoms. The van der Waals surface area contributed by atoms with Gasteiger partial charge in [-0.1, -0.05) is 52.0 Å². The van der Waals surface area contributed by atoms with Crippen molar-refractivity contribution in [2.45, 2.75) is 32.6 Å². The summed E-state index contributed by atoms with van der Waals surface area (Å²) in [7, 11) is 0.0462. The number of hydrogen-bond acceptors (Lipinski definition) is 4. The van der Waals surface area contributed by atoms with E-state index in [2.05, 4.69) is 10.0 Å². The number of sulfonamides is 1. The molecule has 2 N–H and O–H groups in total. The Labute approximate surface area is 190 Å². The van der Waals surface area contributed by atoms with Gasteiger partial charge in [-0.25, -0.2) is 8.42 Å². The van der Waals surface area contributed by atoms with Crippen LogP contribution in [0.1, 0.15) is 27.7 Å². The molecule has 1 amide bonds. The minimum absolute atomic E-state index is 0.0757. The molecule has 0 fully saturated rings. The largest absolute Gasteiger partial charge is 0.377 e. The lowest BCUT2D eigenvalue weighted by Gasteiger charge is -2.27. The van der Waals surface area contributed by atoms with Gasteiger partial charge < -0.3 is 10.2 Å². The van der Waals surface area contributed by atoms with Gasteiger partial charge in [0, 0.05) is 47.3 Å². The average molecular weight is 454 g/mol. The Morgan fingerprint density at radius 2 is 1.44 bits per heavy atom. The van der Waals surface area contributed by atoms with E-state index in [0.717, 1.165) is 11.1 Å². The van der Waals surface area contributed by atoms with Crippen molar-refractivity contribution in [3.63, 3.8) is 0 Å². The van der Waals surface area contributed by atoms with Crippen LogP contribution in [-0.4, -0.2) is 28.4 Å². The Hall–Kier alpha value is -3.06. The number of carbonyl (C=O) groups excluding carboxylic acids is 1. The molecular formula is C25H31N3O3S. The molecule has 0 bridgehead atoms. The second-order valence-electron chi connectivity index (χ2n) is 9.04. The Morgan fingerprint density at radius 3 is 2.03 bits per heavy atom. The summed E-state index contributed by atoms with van der Waals surface area (Å²) in [4.78, 5) is 14.7. The van der Waals surface area contributed by atoms with Crippen LogP contribution >= 0.6 is 0 Å². The van der Waals surface area contributed by atoms with Crippen LogP contribution in [0.4, 0.5) is 17.1 Å². The third-order valence-electron chi connectivity index (χ3n) is 6.05. The topological polar surface area (TPSA) is 78.5 Å². The normalized spacial score (nSPS) is 12.1. The first kappa shape index (κ1) is 23.6. The van der Waals surface area contributed by atoms with Crippen LogP contribution in [0.2, 0.25) is 0 Å². The molecule has 6 nitrogen and oxygen atoms in total. The first-order valence-corrected chi connectivity index (χ1v) is 12.0. The second kappa shape index (κ2) is 8.82. The Morgan fingerprint density at radius 1 is 0.875 bits per heavy atom. The third kappa shape index (κ3) is 4.72. The number of nitrogens with one attached hydrogen (secondary N) is 2. The van der Waals surface area contributed by atoms with E-state index in [1.54, 1.807) is 36.4 Å². The molecule has 0 aliphatic carbocycles. The lowest BCUT2D eigenvalue weighted by molar-refractivity contribution is -0.126. The number of rotatable bonds is 7. The summed E-state index contributed by atoms with van der Waals surface area (Å²) in [6.45, 7) is 7.82. The summed E-state index contributed by atoms with van der Waals surface area (Å²) >= 11 is 0. The number of hydrogen-bond donors (Lipinski definition) is 2. The highest BCUT2D eigenvalue weighted by molar-refractivity contribution is 7.93. The zero-order chi connectivity index (χ0) is 23.7. The highest BCUT2D eigenvalue weighted by Crippen LogP contribution is 2.31. The minimum Gasteiger partial charge on any atom is -0.377 e. The van der Waals surface area contributed by atoms with Crippen LogP contribution in [0, 0.1) is 11.3 Å². The van der Waals surface area contributed by atoms with E-state index in [1.807, 2.05) is 71.0 Å². The molecule has 0 heterocycles. The van der Waals surface area contributed by atoms with E-state index >= 15 is 0 Å². The van der Waals surface area contributed by atoms with Gasteiger partial charge in [0.05, 0.1) is 4.90 Å². The maximum atomic E-state index is 13.2. The molecule has 3 aromatic carbocycles. The maximum Gasteiger partial charge on any atom is 0.262 e. The van der Waals surface area contributed by atoms with Crippen LogP contribution < -0.4 is 14.9 Å². The van der Waals surface area contributed by atoms with E-state index in [1.165, 1.54) is 0 Å². The lowest BCUT2D eigenvalue weighted by atomic mass is 9.80. The molecule has 0 saturated heterocycles. The smallest absolute Gasteiger partial charge is 0.262 e. The highest BCUT2D eigenvalue weighted by atomic mass is 32.2. The number of amides is 1. The molecule has 3 rings (SSSR count). The zero-order valence-electron chi connectivity index (χ0n) is 19.4. The average Bonchev–Trinajstić information content (AvgIpc) is 2.73. The van der Waals surface area contributed by atoms with Crippen molar-refractivity contribution in [1.29, 1.82) is 0 Å². The second-order valence-corrected chi connectivity index (χ2v) is 10.7. The molecule has 0 aliphatic heterocycles. The first-order chi connectivity index (χ1) is 14.9. The van der Waals surface area contributed by atoms with Crippen LogP contribution in [0.5, 0.6) is 0 Å². The molecule has 0 radical (unpaired) electrons. The molecular weight excluding hydrogens is 422 g/mol. The number of fused-ring (bicyclic) bond motifs is 1. The predicted octanol–water partition coefficient (Wildman–Crippen LogP) is 5.33.